The Morgan fingerprint density at radius 3 is 2.56 bits per heavy atom. The van der Waals surface area contributed by atoms with Gasteiger partial charge in [-0.3, -0.25) is 9.59 Å². The van der Waals surface area contributed by atoms with Gasteiger partial charge in [0.25, 0.3) is 11.8 Å². The molecular weight excluding hydrogens is 483 g/mol. The average Bonchev–Trinajstić information content (AvgIpc) is 3.28. The molecule has 0 radical (unpaired) electrons. The van der Waals surface area contributed by atoms with E-state index in [1.54, 1.807) is 36.0 Å². The zero-order valence-electron chi connectivity index (χ0n) is 17.4. The number of halogens is 2. The first kappa shape index (κ1) is 24.4. The average molecular weight is 505 g/mol. The molecule has 0 aliphatic carbocycles. The van der Waals surface area contributed by atoms with Crippen LogP contribution in [0.4, 0.5) is 0 Å². The van der Waals surface area contributed by atoms with Crippen LogP contribution in [0.15, 0.2) is 65.7 Å². The zero-order chi connectivity index (χ0) is 22.9. The van der Waals surface area contributed by atoms with E-state index < -0.39 is 0 Å². The molecule has 1 heterocycles. The molecule has 0 aliphatic heterocycles. The topological polar surface area (TPSA) is 58.2 Å². The molecule has 0 unspecified atom stereocenters. The second-order valence-electron chi connectivity index (χ2n) is 6.94. The molecule has 0 fully saturated rings. The van der Waals surface area contributed by atoms with Crippen molar-refractivity contribution >= 4 is 64.2 Å². The van der Waals surface area contributed by atoms with Gasteiger partial charge in [0.2, 0.25) is 0 Å². The van der Waals surface area contributed by atoms with Gasteiger partial charge in [0.05, 0.1) is 0 Å². The van der Waals surface area contributed by atoms with Gasteiger partial charge in [0, 0.05) is 38.5 Å². The fraction of sp³-hybridized carbons (Fsp3) is 0.167. The number of rotatable bonds is 9. The van der Waals surface area contributed by atoms with Gasteiger partial charge in [-0.2, -0.15) is 11.8 Å². The Kier molecular flexibility index (Phi) is 9.23. The van der Waals surface area contributed by atoms with Crippen LogP contribution in [0.2, 0.25) is 10.0 Å². The maximum atomic E-state index is 12.8. The number of thiophene rings is 1. The van der Waals surface area contributed by atoms with Crippen LogP contribution in [0.5, 0.6) is 0 Å². The van der Waals surface area contributed by atoms with Crippen molar-refractivity contribution in [2.24, 2.45) is 0 Å². The molecule has 0 bridgehead atoms. The first-order chi connectivity index (χ1) is 15.4. The first-order valence-corrected chi connectivity index (χ1v) is 12.6. The summed E-state index contributed by atoms with van der Waals surface area (Å²) in [5.41, 5.74) is 2.77. The summed E-state index contributed by atoms with van der Waals surface area (Å²) in [6.45, 7) is 2.41. The van der Waals surface area contributed by atoms with Crippen LogP contribution in [-0.4, -0.2) is 24.1 Å². The predicted molar refractivity (Wildman–Crippen MR) is 137 cm³/mol. The minimum atomic E-state index is -0.330. The fourth-order valence-corrected chi connectivity index (χ4v) is 4.80. The van der Waals surface area contributed by atoms with Crippen molar-refractivity contribution in [2.75, 3.05) is 12.3 Å². The van der Waals surface area contributed by atoms with Crippen LogP contribution < -0.4 is 10.6 Å². The first-order valence-electron chi connectivity index (χ1n) is 9.85. The second-order valence-corrected chi connectivity index (χ2v) is 9.87. The highest BCUT2D eigenvalue weighted by Gasteiger charge is 2.15. The number of carbonyl (C=O) groups is 2. The normalized spacial score (nSPS) is 11.3. The molecule has 0 aliphatic rings. The fourth-order valence-electron chi connectivity index (χ4n) is 2.73. The molecule has 0 saturated carbocycles. The lowest BCUT2D eigenvalue weighted by Gasteiger charge is -2.11. The Morgan fingerprint density at radius 1 is 1.09 bits per heavy atom. The maximum Gasteiger partial charge on any atom is 0.267 e. The van der Waals surface area contributed by atoms with Gasteiger partial charge in [-0.05, 0) is 54.3 Å². The number of hydrogen-bond donors (Lipinski definition) is 2. The number of carbonyl (C=O) groups excluding carboxylic acids is 2. The summed E-state index contributed by atoms with van der Waals surface area (Å²) in [5.74, 6) is 0.760. The van der Waals surface area contributed by atoms with E-state index in [-0.39, 0.29) is 17.5 Å². The van der Waals surface area contributed by atoms with Crippen molar-refractivity contribution in [3.8, 4) is 0 Å². The lowest BCUT2D eigenvalue weighted by Crippen LogP contribution is -2.35. The van der Waals surface area contributed by atoms with Crippen molar-refractivity contribution < 1.29 is 9.59 Å². The van der Waals surface area contributed by atoms with E-state index in [1.165, 1.54) is 11.3 Å². The molecule has 2 amide bonds. The van der Waals surface area contributed by atoms with Crippen LogP contribution in [-0.2, 0) is 10.5 Å². The molecule has 32 heavy (non-hydrogen) atoms. The second kappa shape index (κ2) is 12.1. The standard InChI is InChI=1S/C24H22Cl2N2O2S2/c1-16-4-6-17(7-5-16)23(29)28-22(14-20-3-2-11-32-20)24(30)27-10-12-31-15-18-8-9-19(25)13-21(18)26/h2-9,11,13-14H,10,12,15H2,1H3,(H,27,30)(H,28,29)/b22-14-. The summed E-state index contributed by atoms with van der Waals surface area (Å²) < 4.78 is 0. The van der Waals surface area contributed by atoms with E-state index in [4.69, 9.17) is 23.2 Å². The van der Waals surface area contributed by atoms with Gasteiger partial charge in [0.15, 0.2) is 0 Å². The van der Waals surface area contributed by atoms with Crippen molar-refractivity contribution in [1.29, 1.82) is 0 Å². The number of aryl methyl sites for hydroxylation is 1. The van der Waals surface area contributed by atoms with Crippen molar-refractivity contribution in [3.05, 3.63) is 97.3 Å². The molecule has 3 rings (SSSR count). The minimum Gasteiger partial charge on any atom is -0.350 e. The van der Waals surface area contributed by atoms with Crippen LogP contribution in [0.3, 0.4) is 0 Å². The van der Waals surface area contributed by atoms with Gasteiger partial charge in [-0.1, -0.05) is 53.0 Å². The smallest absolute Gasteiger partial charge is 0.267 e. The Labute approximate surface area is 206 Å². The minimum absolute atomic E-state index is 0.212. The molecule has 1 aromatic heterocycles. The third kappa shape index (κ3) is 7.41. The number of thioether (sulfide) groups is 1. The van der Waals surface area contributed by atoms with Gasteiger partial charge < -0.3 is 10.6 Å². The molecule has 0 atom stereocenters. The highest BCUT2D eigenvalue weighted by atomic mass is 35.5. The highest BCUT2D eigenvalue weighted by Crippen LogP contribution is 2.24. The Balaban J connectivity index is 1.56. The summed E-state index contributed by atoms with van der Waals surface area (Å²) >= 11 is 15.3. The third-order valence-corrected chi connectivity index (χ3v) is 6.86. The summed E-state index contributed by atoms with van der Waals surface area (Å²) in [4.78, 5) is 26.3. The molecular formula is C24H22Cl2N2O2S2. The van der Waals surface area contributed by atoms with Crippen LogP contribution in [0.25, 0.3) is 6.08 Å². The Hall–Kier alpha value is -2.25. The van der Waals surface area contributed by atoms with E-state index in [2.05, 4.69) is 10.6 Å². The van der Waals surface area contributed by atoms with Crippen LogP contribution in [0.1, 0.15) is 26.4 Å². The van der Waals surface area contributed by atoms with E-state index >= 15 is 0 Å². The van der Waals surface area contributed by atoms with Gasteiger partial charge >= 0.3 is 0 Å². The molecule has 166 valence electrons. The Morgan fingerprint density at radius 2 is 1.88 bits per heavy atom. The van der Waals surface area contributed by atoms with Gasteiger partial charge in [-0.25, -0.2) is 0 Å². The molecule has 2 aromatic carbocycles. The van der Waals surface area contributed by atoms with E-state index in [0.29, 0.717) is 33.7 Å². The quantitative estimate of drug-likeness (QED) is 0.270. The number of hydrogen-bond acceptors (Lipinski definition) is 4. The lowest BCUT2D eigenvalue weighted by molar-refractivity contribution is -0.117. The van der Waals surface area contributed by atoms with E-state index in [1.807, 2.05) is 48.7 Å². The number of amides is 2. The lowest BCUT2D eigenvalue weighted by atomic mass is 10.1. The van der Waals surface area contributed by atoms with Crippen molar-refractivity contribution in [1.82, 2.24) is 10.6 Å². The van der Waals surface area contributed by atoms with Crippen molar-refractivity contribution in [3.63, 3.8) is 0 Å². The molecule has 0 saturated heterocycles. The van der Waals surface area contributed by atoms with Crippen molar-refractivity contribution in [2.45, 2.75) is 12.7 Å². The highest BCUT2D eigenvalue weighted by molar-refractivity contribution is 7.98. The zero-order valence-corrected chi connectivity index (χ0v) is 20.5. The SMILES string of the molecule is Cc1ccc(C(=O)N/C(=C\c2cccs2)C(=O)NCCSCc2ccc(Cl)cc2Cl)cc1. The molecule has 2 N–H and O–H groups in total. The largest absolute Gasteiger partial charge is 0.350 e. The number of nitrogens with one attached hydrogen (secondary N) is 2. The summed E-state index contributed by atoms with van der Waals surface area (Å²) in [7, 11) is 0. The maximum absolute atomic E-state index is 12.8. The number of benzene rings is 2. The van der Waals surface area contributed by atoms with Gasteiger partial charge in [-0.15, -0.1) is 11.3 Å². The third-order valence-electron chi connectivity index (χ3n) is 4.44. The Bertz CT molecular complexity index is 1100. The van der Waals surface area contributed by atoms with Gasteiger partial charge in [0.1, 0.15) is 5.70 Å². The monoisotopic (exact) mass is 504 g/mol. The van der Waals surface area contributed by atoms with Crippen LogP contribution >= 0.6 is 46.3 Å². The summed E-state index contributed by atoms with van der Waals surface area (Å²) in [6.07, 6.45) is 1.69. The molecule has 3 aromatic rings. The van der Waals surface area contributed by atoms with E-state index in [0.717, 1.165) is 16.0 Å². The molecule has 4 nitrogen and oxygen atoms in total. The van der Waals surface area contributed by atoms with Crippen LogP contribution in [0, 0.1) is 6.92 Å². The molecule has 0 spiro atoms. The summed E-state index contributed by atoms with van der Waals surface area (Å²) in [6, 6.07) is 16.4. The molecule has 8 heteroatoms. The summed E-state index contributed by atoms with van der Waals surface area (Å²) in [5, 5.41) is 8.79. The van der Waals surface area contributed by atoms with E-state index in [9.17, 15) is 9.59 Å². The predicted octanol–water partition coefficient (Wildman–Crippen LogP) is 6.18.